The van der Waals surface area contributed by atoms with E-state index in [1.165, 1.54) is 0 Å². The maximum Gasteiger partial charge on any atom is 1.00 e. The van der Waals surface area contributed by atoms with Crippen molar-refractivity contribution < 1.29 is 78.4 Å². The Morgan fingerprint density at radius 2 is 0.600 bits per heavy atom. The fourth-order valence-corrected chi connectivity index (χ4v) is 0. The maximum atomic E-state index is 0. The summed E-state index contributed by atoms with van der Waals surface area (Å²) in [5, 5.41) is 0. The van der Waals surface area contributed by atoms with Crippen LogP contribution in [0.3, 0.4) is 0 Å². The molecule has 0 atom stereocenters. The molecule has 0 saturated carbocycles. The van der Waals surface area contributed by atoms with Crippen LogP contribution >= 0.6 is 0 Å². The molecule has 0 amide bonds. The molecule has 0 aromatic carbocycles. The average molecular weight is 102 g/mol. The molecule has 0 aliphatic carbocycles. The standard InChI is InChI=1S/2Na.3H2O.2H/h;;3*1H2;;/q2*+1;;;;2*-1. The summed E-state index contributed by atoms with van der Waals surface area (Å²) in [5.41, 5.74) is 0. The Hall–Kier alpha value is 1.88. The fourth-order valence-electron chi connectivity index (χ4n) is 0. The zero-order valence-electron chi connectivity index (χ0n) is 5.50. The van der Waals surface area contributed by atoms with Crippen LogP contribution in [0.2, 0.25) is 0 Å². The van der Waals surface area contributed by atoms with E-state index in [0.29, 0.717) is 0 Å². The minimum Gasteiger partial charge on any atom is -1.00 e. The third-order valence-electron chi connectivity index (χ3n) is 0. The van der Waals surface area contributed by atoms with Crippen molar-refractivity contribution in [1.29, 1.82) is 0 Å². The Bertz CT molecular complexity index is 10.9. The van der Waals surface area contributed by atoms with Crippen LogP contribution in [-0.4, -0.2) is 16.4 Å². The van der Waals surface area contributed by atoms with Gasteiger partial charge in [0, 0.05) is 0 Å². The van der Waals surface area contributed by atoms with Crippen molar-refractivity contribution in [3.8, 4) is 0 Å². The predicted octanol–water partition coefficient (Wildman–Crippen LogP) is -8.24. The Labute approximate surface area is 77.6 Å². The summed E-state index contributed by atoms with van der Waals surface area (Å²) in [6.45, 7) is 0. The fraction of sp³-hybridized carbons (Fsp3) is 0. The first-order chi connectivity index (χ1) is 0. The van der Waals surface area contributed by atoms with Gasteiger partial charge in [-0.1, -0.05) is 0 Å². The zero-order chi connectivity index (χ0) is 0. The Morgan fingerprint density at radius 3 is 0.600 bits per heavy atom. The first kappa shape index (κ1) is 67.3. The summed E-state index contributed by atoms with van der Waals surface area (Å²) in [5.74, 6) is 0. The quantitative estimate of drug-likeness (QED) is 0.271. The van der Waals surface area contributed by atoms with Crippen molar-refractivity contribution in [2.45, 2.75) is 0 Å². The molecule has 6 N–H and O–H groups in total. The molecule has 0 saturated heterocycles. The van der Waals surface area contributed by atoms with Crippen LogP contribution in [0.5, 0.6) is 0 Å². The molecule has 5 heteroatoms. The predicted molar refractivity (Wildman–Crippen MR) is 13.1 cm³/mol. The molecule has 0 fully saturated rings. The van der Waals surface area contributed by atoms with E-state index < -0.39 is 0 Å². The van der Waals surface area contributed by atoms with Gasteiger partial charge in [0.15, 0.2) is 0 Å². The van der Waals surface area contributed by atoms with E-state index in [1.54, 1.807) is 0 Å². The van der Waals surface area contributed by atoms with Gasteiger partial charge in [-0.2, -0.15) is 0 Å². The SMILES string of the molecule is O.O.O.[H-].[H-].[Na+].[Na+]. The van der Waals surface area contributed by atoms with Crippen LogP contribution in [-0.2, 0) is 0 Å². The van der Waals surface area contributed by atoms with E-state index in [4.69, 9.17) is 0 Å². The van der Waals surface area contributed by atoms with Crippen LogP contribution in [0.4, 0.5) is 0 Å². The van der Waals surface area contributed by atoms with Crippen LogP contribution in [0.1, 0.15) is 2.85 Å². The van der Waals surface area contributed by atoms with Crippen LogP contribution in [0, 0.1) is 0 Å². The third-order valence-corrected chi connectivity index (χ3v) is 0. The maximum absolute atomic E-state index is 0. The third kappa shape index (κ3) is 25.0. The zero-order valence-corrected chi connectivity index (χ0v) is 7.50. The molecule has 0 aromatic rings. The minimum absolute atomic E-state index is 0. The molecular formula is H8Na2O3. The number of hydrogen-bond donors (Lipinski definition) is 0. The van der Waals surface area contributed by atoms with Gasteiger partial charge in [0.1, 0.15) is 0 Å². The van der Waals surface area contributed by atoms with Gasteiger partial charge in [-0.15, -0.1) is 0 Å². The second kappa shape index (κ2) is 39.6. The van der Waals surface area contributed by atoms with E-state index in [-0.39, 0.29) is 78.4 Å². The topological polar surface area (TPSA) is 94.5 Å². The Balaban J connectivity index is 0. The summed E-state index contributed by atoms with van der Waals surface area (Å²) in [7, 11) is 0. The van der Waals surface area contributed by atoms with E-state index in [1.807, 2.05) is 0 Å². The van der Waals surface area contributed by atoms with Gasteiger partial charge >= 0.3 is 59.1 Å². The molecule has 0 unspecified atom stereocenters. The summed E-state index contributed by atoms with van der Waals surface area (Å²) < 4.78 is 0. The number of rotatable bonds is 0. The van der Waals surface area contributed by atoms with Gasteiger partial charge in [0.25, 0.3) is 0 Å². The van der Waals surface area contributed by atoms with E-state index >= 15 is 0 Å². The molecule has 0 spiro atoms. The van der Waals surface area contributed by atoms with Crippen LogP contribution < -0.4 is 59.1 Å². The van der Waals surface area contributed by atoms with Crippen LogP contribution in [0.15, 0.2) is 0 Å². The Kier molecular flexibility index (Phi) is 533. The van der Waals surface area contributed by atoms with Crippen molar-refractivity contribution in [3.05, 3.63) is 0 Å². The van der Waals surface area contributed by atoms with E-state index in [9.17, 15) is 0 Å². The smallest absolute Gasteiger partial charge is 1.00 e. The largest absolute Gasteiger partial charge is 1.00 e. The molecule has 0 heterocycles. The van der Waals surface area contributed by atoms with Crippen molar-refractivity contribution in [2.75, 3.05) is 0 Å². The van der Waals surface area contributed by atoms with Gasteiger partial charge in [-0.3, -0.25) is 0 Å². The summed E-state index contributed by atoms with van der Waals surface area (Å²) in [4.78, 5) is 0. The van der Waals surface area contributed by atoms with E-state index in [2.05, 4.69) is 0 Å². The number of hydrogen-bond acceptors (Lipinski definition) is 0. The summed E-state index contributed by atoms with van der Waals surface area (Å²) in [6.07, 6.45) is 0. The van der Waals surface area contributed by atoms with Crippen LogP contribution in [0.25, 0.3) is 0 Å². The summed E-state index contributed by atoms with van der Waals surface area (Å²) >= 11 is 0. The normalized spacial score (nSPS) is 0. The molecule has 5 heavy (non-hydrogen) atoms. The molecule has 0 aliphatic rings. The second-order valence-electron chi connectivity index (χ2n) is 0. The van der Waals surface area contributed by atoms with E-state index in [0.717, 1.165) is 0 Å². The van der Waals surface area contributed by atoms with Gasteiger partial charge in [0.2, 0.25) is 0 Å². The molecule has 3 nitrogen and oxygen atoms in total. The molecule has 28 valence electrons. The minimum atomic E-state index is 0. The van der Waals surface area contributed by atoms with Gasteiger partial charge < -0.3 is 19.3 Å². The molecular weight excluding hydrogens is 94.0 g/mol. The molecule has 0 bridgehead atoms. The second-order valence-corrected chi connectivity index (χ2v) is 0. The summed E-state index contributed by atoms with van der Waals surface area (Å²) in [6, 6.07) is 0. The monoisotopic (exact) mass is 102 g/mol. The van der Waals surface area contributed by atoms with Gasteiger partial charge in [-0.25, -0.2) is 0 Å². The molecule has 0 aliphatic heterocycles. The first-order valence-electron chi connectivity index (χ1n) is 0. The van der Waals surface area contributed by atoms with Crippen molar-refractivity contribution in [2.24, 2.45) is 0 Å². The first-order valence-corrected chi connectivity index (χ1v) is 0. The van der Waals surface area contributed by atoms with Crippen molar-refractivity contribution in [3.63, 3.8) is 0 Å². The molecule has 0 aromatic heterocycles. The Morgan fingerprint density at radius 1 is 0.600 bits per heavy atom. The van der Waals surface area contributed by atoms with Crippen molar-refractivity contribution >= 4 is 0 Å². The average Bonchev–Trinajstić information content (AvgIpc) is 0. The molecule has 0 rings (SSSR count). The molecule has 0 radical (unpaired) electrons. The van der Waals surface area contributed by atoms with Gasteiger partial charge in [-0.05, 0) is 0 Å². The van der Waals surface area contributed by atoms with Crippen molar-refractivity contribution in [1.82, 2.24) is 0 Å². The van der Waals surface area contributed by atoms with Gasteiger partial charge in [0.05, 0.1) is 0 Å².